The van der Waals surface area contributed by atoms with E-state index in [0.717, 1.165) is 5.56 Å². The topological polar surface area (TPSA) is 68.2 Å². The lowest BCUT2D eigenvalue weighted by molar-refractivity contribution is -0.139. The average Bonchev–Trinajstić information content (AvgIpc) is 2.70. The third kappa shape index (κ3) is 4.04. The molecule has 1 unspecified atom stereocenters. The molecule has 1 aromatic rings. The number of thioether (sulfide) groups is 1. The molecule has 0 spiro atoms. The molecule has 146 valence electrons. The summed E-state index contributed by atoms with van der Waals surface area (Å²) in [6.45, 7) is 9.47. The molecule has 28 heavy (non-hydrogen) atoms. The van der Waals surface area contributed by atoms with E-state index in [1.807, 2.05) is 24.3 Å². The predicted octanol–water partition coefficient (Wildman–Crippen LogP) is 3.63. The van der Waals surface area contributed by atoms with Gasteiger partial charge in [-0.05, 0) is 24.6 Å². The maximum Gasteiger partial charge on any atom is 0.338 e. The number of nitrogens with zero attached hydrogens (tertiary/aromatic N) is 2. The number of allylic oxidation sites excluding steroid dienone is 1. The fraction of sp³-hybridized carbons (Fsp3) is 0.286. The number of ether oxygens (including phenoxy) is 2. The first-order valence-corrected chi connectivity index (χ1v) is 9.91. The summed E-state index contributed by atoms with van der Waals surface area (Å²) in [5.74, 6) is 0.805. The Hall–Kier alpha value is -2.80. The van der Waals surface area contributed by atoms with Crippen molar-refractivity contribution in [2.45, 2.75) is 19.4 Å². The van der Waals surface area contributed by atoms with Crippen molar-refractivity contribution in [1.29, 1.82) is 0 Å². The highest BCUT2D eigenvalue weighted by molar-refractivity contribution is 8.14. The number of hydrogen-bond donors (Lipinski definition) is 0. The molecular weight excluding hydrogens is 376 g/mol. The third-order valence-electron chi connectivity index (χ3n) is 4.32. The molecule has 0 bridgehead atoms. The fourth-order valence-corrected chi connectivity index (χ4v) is 4.09. The monoisotopic (exact) mass is 398 g/mol. The predicted molar refractivity (Wildman–Crippen MR) is 110 cm³/mol. The van der Waals surface area contributed by atoms with Crippen LogP contribution in [0.5, 0.6) is 5.75 Å². The number of rotatable bonds is 7. The van der Waals surface area contributed by atoms with Gasteiger partial charge < -0.3 is 9.47 Å². The molecule has 1 amide bonds. The van der Waals surface area contributed by atoms with E-state index in [4.69, 9.17) is 9.47 Å². The molecule has 2 aliphatic rings. The van der Waals surface area contributed by atoms with Gasteiger partial charge in [0.2, 0.25) is 5.91 Å². The van der Waals surface area contributed by atoms with Crippen molar-refractivity contribution in [2.75, 3.05) is 19.0 Å². The summed E-state index contributed by atoms with van der Waals surface area (Å²) >= 11 is 1.52. The van der Waals surface area contributed by atoms with Crippen molar-refractivity contribution in [1.82, 2.24) is 4.90 Å². The molecule has 1 aromatic carbocycles. The van der Waals surface area contributed by atoms with E-state index < -0.39 is 12.0 Å². The van der Waals surface area contributed by atoms with Crippen LogP contribution >= 0.6 is 11.8 Å². The Morgan fingerprint density at radius 1 is 1.29 bits per heavy atom. The van der Waals surface area contributed by atoms with Gasteiger partial charge >= 0.3 is 5.97 Å². The minimum absolute atomic E-state index is 0.0593. The van der Waals surface area contributed by atoms with Crippen LogP contribution in [0.2, 0.25) is 0 Å². The molecule has 2 aliphatic heterocycles. The summed E-state index contributed by atoms with van der Waals surface area (Å²) < 4.78 is 10.8. The van der Waals surface area contributed by atoms with Gasteiger partial charge in [-0.25, -0.2) is 9.79 Å². The first-order chi connectivity index (χ1) is 13.6. The van der Waals surface area contributed by atoms with Gasteiger partial charge in [-0.15, -0.1) is 0 Å². The molecule has 7 heteroatoms. The number of carbonyl (C=O) groups excluding carboxylic acids is 2. The molecule has 0 saturated carbocycles. The first-order valence-electron chi connectivity index (χ1n) is 8.92. The van der Waals surface area contributed by atoms with Crippen LogP contribution < -0.4 is 4.74 Å². The molecule has 3 rings (SSSR count). The van der Waals surface area contributed by atoms with Gasteiger partial charge in [0.05, 0.1) is 17.3 Å². The van der Waals surface area contributed by atoms with E-state index in [0.29, 0.717) is 41.0 Å². The Morgan fingerprint density at radius 3 is 2.68 bits per heavy atom. The van der Waals surface area contributed by atoms with Crippen LogP contribution in [-0.4, -0.2) is 40.9 Å². The molecule has 0 radical (unpaired) electrons. The molecular formula is C21H22N2O4S. The number of amides is 1. The van der Waals surface area contributed by atoms with Crippen LogP contribution in [0.4, 0.5) is 0 Å². The van der Waals surface area contributed by atoms with Crippen LogP contribution in [0.25, 0.3) is 0 Å². The van der Waals surface area contributed by atoms with Crippen molar-refractivity contribution >= 4 is 28.8 Å². The minimum Gasteiger partial charge on any atom is -0.490 e. The van der Waals surface area contributed by atoms with E-state index in [1.54, 1.807) is 17.9 Å². The van der Waals surface area contributed by atoms with E-state index >= 15 is 0 Å². The minimum atomic E-state index is -0.585. The molecule has 0 aromatic heterocycles. The summed E-state index contributed by atoms with van der Waals surface area (Å²) in [5, 5.41) is 0.617. The van der Waals surface area contributed by atoms with E-state index in [-0.39, 0.29) is 12.5 Å². The van der Waals surface area contributed by atoms with Crippen molar-refractivity contribution < 1.29 is 19.1 Å². The number of benzene rings is 1. The Balaban J connectivity index is 2.02. The summed E-state index contributed by atoms with van der Waals surface area (Å²) in [7, 11) is 0. The second-order valence-electron chi connectivity index (χ2n) is 6.21. The van der Waals surface area contributed by atoms with Gasteiger partial charge in [0, 0.05) is 12.2 Å². The maximum atomic E-state index is 12.8. The zero-order chi connectivity index (χ0) is 20.1. The van der Waals surface area contributed by atoms with Crippen molar-refractivity contribution in [3.8, 4) is 5.75 Å². The number of carbonyl (C=O) groups is 2. The van der Waals surface area contributed by atoms with Crippen molar-refractivity contribution in [3.63, 3.8) is 0 Å². The number of aliphatic imine (C=N–C) groups is 1. The average molecular weight is 398 g/mol. The Labute approximate surface area is 168 Å². The van der Waals surface area contributed by atoms with Crippen LogP contribution in [-0.2, 0) is 14.3 Å². The summed E-state index contributed by atoms with van der Waals surface area (Å²) in [4.78, 5) is 31.6. The molecule has 6 nitrogen and oxygen atoms in total. The van der Waals surface area contributed by atoms with Crippen LogP contribution in [0, 0.1) is 0 Å². The second kappa shape index (κ2) is 8.93. The van der Waals surface area contributed by atoms with Gasteiger partial charge in [0.25, 0.3) is 0 Å². The Morgan fingerprint density at radius 2 is 2.00 bits per heavy atom. The molecule has 0 aliphatic carbocycles. The number of hydrogen-bond acceptors (Lipinski definition) is 6. The number of amidine groups is 1. The summed E-state index contributed by atoms with van der Waals surface area (Å²) in [5.41, 5.74) is 1.71. The fourth-order valence-electron chi connectivity index (χ4n) is 3.09. The molecule has 2 heterocycles. The number of fused-ring (bicyclic) bond motifs is 1. The smallest absolute Gasteiger partial charge is 0.338 e. The SMILES string of the molecule is C=CCOC(=O)C1=C(C)N=C2SCCC(=O)N2C1c1ccc(OCC=C)cc1. The van der Waals surface area contributed by atoms with Gasteiger partial charge in [-0.1, -0.05) is 49.2 Å². The normalized spacial score (nSPS) is 18.9. The third-order valence-corrected chi connectivity index (χ3v) is 5.28. The van der Waals surface area contributed by atoms with E-state index in [9.17, 15) is 9.59 Å². The second-order valence-corrected chi connectivity index (χ2v) is 7.28. The summed E-state index contributed by atoms with van der Waals surface area (Å²) in [6, 6.07) is 6.75. The zero-order valence-electron chi connectivity index (χ0n) is 15.7. The highest BCUT2D eigenvalue weighted by Crippen LogP contribution is 2.40. The van der Waals surface area contributed by atoms with Crippen LogP contribution in [0.3, 0.4) is 0 Å². The molecule has 1 atom stereocenters. The Bertz CT molecular complexity index is 858. The van der Waals surface area contributed by atoms with E-state index in [1.165, 1.54) is 17.8 Å². The van der Waals surface area contributed by atoms with Gasteiger partial charge in [-0.2, -0.15) is 0 Å². The van der Waals surface area contributed by atoms with Crippen molar-refractivity contribution in [2.24, 2.45) is 4.99 Å². The lowest BCUT2D eigenvalue weighted by atomic mass is 9.94. The largest absolute Gasteiger partial charge is 0.490 e. The lowest BCUT2D eigenvalue weighted by Crippen LogP contribution is -2.45. The summed E-state index contributed by atoms with van der Waals surface area (Å²) in [6.07, 6.45) is 3.57. The van der Waals surface area contributed by atoms with Gasteiger partial charge in [0.1, 0.15) is 19.0 Å². The van der Waals surface area contributed by atoms with Crippen LogP contribution in [0.15, 0.2) is 65.8 Å². The standard InChI is InChI=1S/C21H22N2O4S/c1-4-11-26-16-8-6-15(7-9-16)19-18(20(25)27-12-5-2)14(3)22-21-23(19)17(24)10-13-28-21/h4-9,19H,1-2,10-13H2,3H3. The first kappa shape index (κ1) is 19.9. The quantitative estimate of drug-likeness (QED) is 0.518. The molecule has 1 saturated heterocycles. The van der Waals surface area contributed by atoms with Crippen LogP contribution in [0.1, 0.15) is 24.9 Å². The highest BCUT2D eigenvalue weighted by Gasteiger charge is 2.41. The highest BCUT2D eigenvalue weighted by atomic mass is 32.2. The maximum absolute atomic E-state index is 12.8. The van der Waals surface area contributed by atoms with Crippen molar-refractivity contribution in [3.05, 3.63) is 66.4 Å². The number of esters is 1. The Kier molecular flexibility index (Phi) is 6.36. The lowest BCUT2D eigenvalue weighted by Gasteiger charge is -2.38. The molecule has 1 fully saturated rings. The van der Waals surface area contributed by atoms with Gasteiger partial charge in [0.15, 0.2) is 5.17 Å². The zero-order valence-corrected chi connectivity index (χ0v) is 16.5. The van der Waals surface area contributed by atoms with E-state index in [2.05, 4.69) is 18.2 Å². The van der Waals surface area contributed by atoms with Gasteiger partial charge in [-0.3, -0.25) is 9.69 Å². The molecule has 0 N–H and O–H groups in total.